The van der Waals surface area contributed by atoms with Crippen molar-refractivity contribution >= 4 is 18.5 Å². The number of hydrogen-bond donors (Lipinski definition) is 0. The Bertz CT molecular complexity index is 613. The van der Waals surface area contributed by atoms with Crippen LogP contribution in [0.3, 0.4) is 0 Å². The molecule has 2 aromatic rings. The van der Waals surface area contributed by atoms with E-state index < -0.39 is 0 Å². The normalized spacial score (nSPS) is 12.4. The molecule has 0 aromatic heterocycles. The highest BCUT2D eigenvalue weighted by molar-refractivity contribution is 7.73. The van der Waals surface area contributed by atoms with Gasteiger partial charge in [-0.1, -0.05) is 49.7 Å². The first-order valence-corrected chi connectivity index (χ1v) is 9.49. The fraction of sp³-hybridized carbons (Fsp3) is 0.400. The Morgan fingerprint density at radius 3 is 2.14 bits per heavy atom. The molecule has 21 heavy (non-hydrogen) atoms. The summed E-state index contributed by atoms with van der Waals surface area (Å²) in [4.78, 5) is 0. The largest absolute Gasteiger partial charge is 0.0654 e. The lowest BCUT2D eigenvalue weighted by Gasteiger charge is -2.24. The minimum absolute atomic E-state index is 0.227. The van der Waals surface area contributed by atoms with Gasteiger partial charge in [0.2, 0.25) is 0 Å². The van der Waals surface area contributed by atoms with Crippen LogP contribution in [0.4, 0.5) is 0 Å². The standard InChI is InChI=1S/C20H27P/c1-6-7-14-21(19-11-9-8-10-16(19)3)20-13-12-15(2)17(4)18(20)5/h8-13H,6-7,14H2,1-5H3. The summed E-state index contributed by atoms with van der Waals surface area (Å²) >= 11 is 0. The maximum absolute atomic E-state index is 2.38. The molecule has 0 saturated heterocycles. The maximum Gasteiger partial charge on any atom is -0.0163 e. The van der Waals surface area contributed by atoms with Crippen LogP contribution >= 0.6 is 7.92 Å². The van der Waals surface area contributed by atoms with Crippen molar-refractivity contribution in [2.75, 3.05) is 6.16 Å². The van der Waals surface area contributed by atoms with Gasteiger partial charge in [-0.05, 0) is 81.1 Å². The maximum atomic E-state index is 2.38. The summed E-state index contributed by atoms with van der Waals surface area (Å²) in [5, 5.41) is 3.14. The Kier molecular flexibility index (Phi) is 5.59. The van der Waals surface area contributed by atoms with Gasteiger partial charge in [0.1, 0.15) is 0 Å². The lowest BCUT2D eigenvalue weighted by molar-refractivity contribution is 0.893. The molecule has 1 unspecified atom stereocenters. The van der Waals surface area contributed by atoms with Gasteiger partial charge in [0.25, 0.3) is 0 Å². The Balaban J connectivity index is 2.51. The lowest BCUT2D eigenvalue weighted by Crippen LogP contribution is -2.19. The number of rotatable bonds is 5. The van der Waals surface area contributed by atoms with Crippen molar-refractivity contribution in [2.24, 2.45) is 0 Å². The number of unbranched alkanes of at least 4 members (excludes halogenated alkanes) is 1. The third-order valence-corrected chi connectivity index (χ3v) is 7.37. The van der Waals surface area contributed by atoms with Gasteiger partial charge < -0.3 is 0 Å². The molecule has 1 atom stereocenters. The van der Waals surface area contributed by atoms with Gasteiger partial charge >= 0.3 is 0 Å². The summed E-state index contributed by atoms with van der Waals surface area (Å²) in [6, 6.07) is 13.6. The Morgan fingerprint density at radius 1 is 0.762 bits per heavy atom. The predicted molar refractivity (Wildman–Crippen MR) is 97.8 cm³/mol. The summed E-state index contributed by atoms with van der Waals surface area (Å²) in [7, 11) is -0.227. The van der Waals surface area contributed by atoms with Crippen molar-refractivity contribution in [1.29, 1.82) is 0 Å². The molecule has 0 nitrogen and oxygen atoms in total. The van der Waals surface area contributed by atoms with Crippen molar-refractivity contribution in [3.05, 3.63) is 58.7 Å². The summed E-state index contributed by atoms with van der Waals surface area (Å²) in [5.41, 5.74) is 5.81. The van der Waals surface area contributed by atoms with Gasteiger partial charge in [-0.15, -0.1) is 0 Å². The number of aryl methyl sites for hydroxylation is 2. The number of hydrogen-bond acceptors (Lipinski definition) is 0. The average Bonchev–Trinajstić information content (AvgIpc) is 2.48. The quantitative estimate of drug-likeness (QED) is 0.669. The van der Waals surface area contributed by atoms with Crippen LogP contribution in [0.2, 0.25) is 0 Å². The highest BCUT2D eigenvalue weighted by atomic mass is 31.1. The molecule has 112 valence electrons. The Hall–Kier alpha value is -1.13. The molecule has 0 aliphatic heterocycles. The van der Waals surface area contributed by atoms with E-state index in [1.807, 2.05) is 0 Å². The lowest BCUT2D eigenvalue weighted by atomic mass is 10.1. The van der Waals surface area contributed by atoms with Crippen LogP contribution in [0.15, 0.2) is 36.4 Å². The van der Waals surface area contributed by atoms with Crippen LogP contribution in [0.5, 0.6) is 0 Å². The molecular formula is C20H27P. The fourth-order valence-corrected chi connectivity index (χ4v) is 5.75. The molecule has 0 aliphatic rings. The summed E-state index contributed by atoms with van der Waals surface area (Å²) in [6.07, 6.45) is 3.89. The summed E-state index contributed by atoms with van der Waals surface area (Å²) < 4.78 is 0. The second-order valence-electron chi connectivity index (χ2n) is 5.94. The second-order valence-corrected chi connectivity index (χ2v) is 8.21. The van der Waals surface area contributed by atoms with E-state index in [0.29, 0.717) is 0 Å². The van der Waals surface area contributed by atoms with Crippen molar-refractivity contribution in [3.8, 4) is 0 Å². The van der Waals surface area contributed by atoms with Crippen LogP contribution in [-0.4, -0.2) is 6.16 Å². The highest BCUT2D eigenvalue weighted by Crippen LogP contribution is 2.37. The average molecular weight is 298 g/mol. The highest BCUT2D eigenvalue weighted by Gasteiger charge is 2.18. The molecule has 0 radical (unpaired) electrons. The first kappa shape index (κ1) is 16.2. The zero-order valence-electron chi connectivity index (χ0n) is 14.0. The van der Waals surface area contributed by atoms with Crippen molar-refractivity contribution in [3.63, 3.8) is 0 Å². The van der Waals surface area contributed by atoms with Crippen molar-refractivity contribution in [1.82, 2.24) is 0 Å². The minimum atomic E-state index is -0.227. The molecule has 0 fully saturated rings. The van der Waals surface area contributed by atoms with Gasteiger partial charge in [0.15, 0.2) is 0 Å². The molecule has 0 spiro atoms. The van der Waals surface area contributed by atoms with E-state index in [2.05, 4.69) is 71.0 Å². The van der Waals surface area contributed by atoms with Crippen LogP contribution in [-0.2, 0) is 0 Å². The predicted octanol–water partition coefficient (Wildman–Crippen LogP) is 5.15. The third kappa shape index (κ3) is 3.55. The van der Waals surface area contributed by atoms with Gasteiger partial charge in [-0.2, -0.15) is 0 Å². The van der Waals surface area contributed by atoms with E-state index in [4.69, 9.17) is 0 Å². The first-order valence-electron chi connectivity index (χ1n) is 7.96. The van der Waals surface area contributed by atoms with Crippen LogP contribution in [0.25, 0.3) is 0 Å². The monoisotopic (exact) mass is 298 g/mol. The zero-order valence-corrected chi connectivity index (χ0v) is 14.9. The van der Waals surface area contributed by atoms with Gasteiger partial charge in [0, 0.05) is 0 Å². The molecule has 2 rings (SSSR count). The molecule has 1 heteroatoms. The van der Waals surface area contributed by atoms with Gasteiger partial charge in [-0.3, -0.25) is 0 Å². The second kappa shape index (κ2) is 7.23. The molecule has 0 N–H and O–H groups in total. The molecule has 0 aliphatic carbocycles. The zero-order chi connectivity index (χ0) is 15.4. The van der Waals surface area contributed by atoms with E-state index in [1.165, 1.54) is 41.3 Å². The smallest absolute Gasteiger partial charge is 0.0163 e. The molecular weight excluding hydrogens is 271 g/mol. The van der Waals surface area contributed by atoms with E-state index in [1.54, 1.807) is 10.6 Å². The van der Waals surface area contributed by atoms with Crippen LogP contribution in [0.1, 0.15) is 42.0 Å². The molecule has 0 bridgehead atoms. The van der Waals surface area contributed by atoms with Gasteiger partial charge in [0.05, 0.1) is 0 Å². The first-order chi connectivity index (χ1) is 10.1. The summed E-state index contributed by atoms with van der Waals surface area (Å²) in [5.74, 6) is 0. The SMILES string of the molecule is CCCCP(c1ccccc1C)c1ccc(C)c(C)c1C. The minimum Gasteiger partial charge on any atom is -0.0654 e. The molecule has 0 saturated carbocycles. The number of benzene rings is 2. The van der Waals surface area contributed by atoms with Crippen LogP contribution in [0, 0.1) is 27.7 Å². The van der Waals surface area contributed by atoms with Crippen molar-refractivity contribution in [2.45, 2.75) is 47.5 Å². The Labute approximate surface area is 131 Å². The van der Waals surface area contributed by atoms with Crippen molar-refractivity contribution < 1.29 is 0 Å². The van der Waals surface area contributed by atoms with E-state index >= 15 is 0 Å². The molecule has 2 aromatic carbocycles. The van der Waals surface area contributed by atoms with E-state index in [9.17, 15) is 0 Å². The van der Waals surface area contributed by atoms with Gasteiger partial charge in [-0.25, -0.2) is 0 Å². The third-order valence-electron chi connectivity index (χ3n) is 4.46. The Morgan fingerprint density at radius 2 is 1.48 bits per heavy atom. The van der Waals surface area contributed by atoms with E-state index in [-0.39, 0.29) is 7.92 Å². The van der Waals surface area contributed by atoms with E-state index in [0.717, 1.165) is 0 Å². The fourth-order valence-electron chi connectivity index (χ4n) is 2.79. The summed E-state index contributed by atoms with van der Waals surface area (Å²) in [6.45, 7) is 11.3. The molecule has 0 heterocycles. The van der Waals surface area contributed by atoms with Crippen LogP contribution < -0.4 is 10.6 Å². The molecule has 0 amide bonds. The topological polar surface area (TPSA) is 0 Å².